The predicted octanol–water partition coefficient (Wildman–Crippen LogP) is 0.135. The second kappa shape index (κ2) is 2.70. The van der Waals surface area contributed by atoms with Crippen molar-refractivity contribution in [1.82, 2.24) is 4.98 Å². The minimum atomic E-state index is -2.91. The molecule has 0 aromatic carbocycles. The first-order valence-corrected chi connectivity index (χ1v) is 5.82. The molecule has 1 aliphatic heterocycles. The van der Waals surface area contributed by atoms with E-state index < -0.39 is 9.84 Å². The van der Waals surface area contributed by atoms with Crippen LogP contribution in [-0.2, 0) is 22.0 Å². The second-order valence-electron chi connectivity index (χ2n) is 3.21. The number of nitrogen functional groups attached to an aromatic ring is 1. The van der Waals surface area contributed by atoms with Crippen molar-refractivity contribution in [3.63, 3.8) is 0 Å². The summed E-state index contributed by atoms with van der Waals surface area (Å²) in [5.74, 6) is 0.286. The highest BCUT2D eigenvalue weighted by Crippen LogP contribution is 2.23. The van der Waals surface area contributed by atoms with E-state index in [0.717, 1.165) is 11.1 Å². The van der Waals surface area contributed by atoms with E-state index in [1.807, 2.05) is 0 Å². The van der Waals surface area contributed by atoms with Gasteiger partial charge in [0.2, 0.25) is 0 Å². The largest absolute Gasteiger partial charge is 0.397 e. The molecular formula is C8H10N2O2S. The molecular weight excluding hydrogens is 188 g/mol. The number of fused-ring (bicyclic) bond motifs is 1. The van der Waals surface area contributed by atoms with Crippen LogP contribution in [0.3, 0.4) is 0 Å². The maximum Gasteiger partial charge on any atom is 0.154 e. The van der Waals surface area contributed by atoms with Crippen LogP contribution >= 0.6 is 0 Å². The number of nitrogens with zero attached hydrogens (tertiary/aromatic N) is 1. The number of pyridine rings is 1. The molecule has 13 heavy (non-hydrogen) atoms. The average molecular weight is 198 g/mol. The van der Waals surface area contributed by atoms with Crippen molar-refractivity contribution in [2.75, 3.05) is 11.5 Å². The van der Waals surface area contributed by atoms with Crippen molar-refractivity contribution in [1.29, 1.82) is 0 Å². The van der Waals surface area contributed by atoms with Crippen LogP contribution in [0.5, 0.6) is 0 Å². The van der Waals surface area contributed by atoms with Crippen LogP contribution in [0.4, 0.5) is 5.69 Å². The fraction of sp³-hybridized carbons (Fsp3) is 0.375. The Labute approximate surface area is 76.7 Å². The van der Waals surface area contributed by atoms with Crippen LogP contribution in [-0.4, -0.2) is 19.2 Å². The minimum absolute atomic E-state index is 0.0837. The molecule has 2 N–H and O–H groups in total. The lowest BCUT2D eigenvalue weighted by molar-refractivity contribution is 0.591. The molecule has 1 aromatic heterocycles. The highest BCUT2D eigenvalue weighted by Gasteiger charge is 2.22. The summed E-state index contributed by atoms with van der Waals surface area (Å²) >= 11 is 0. The Kier molecular flexibility index (Phi) is 1.76. The normalized spacial score (nSPS) is 19.4. The van der Waals surface area contributed by atoms with Crippen molar-refractivity contribution in [2.45, 2.75) is 12.2 Å². The standard InChI is InChI=1S/C8H10N2O2S/c9-8-4-10-3-6-5-13(11,12)2-1-7(6)8/h3-4H,1-2,5,9H2. The Balaban J connectivity index is 2.54. The monoisotopic (exact) mass is 198 g/mol. The molecule has 4 nitrogen and oxygen atoms in total. The third-order valence-electron chi connectivity index (χ3n) is 2.22. The molecule has 2 rings (SSSR count). The molecule has 0 spiro atoms. The molecule has 0 bridgehead atoms. The fourth-order valence-electron chi connectivity index (χ4n) is 1.54. The lowest BCUT2D eigenvalue weighted by Gasteiger charge is -2.16. The zero-order chi connectivity index (χ0) is 9.47. The molecule has 0 atom stereocenters. The van der Waals surface area contributed by atoms with Gasteiger partial charge < -0.3 is 5.73 Å². The number of aromatic nitrogens is 1. The maximum atomic E-state index is 11.3. The number of sulfone groups is 1. The van der Waals surface area contributed by atoms with Crippen LogP contribution in [0, 0.1) is 0 Å². The molecule has 5 heteroatoms. The Morgan fingerprint density at radius 3 is 2.92 bits per heavy atom. The highest BCUT2D eigenvalue weighted by atomic mass is 32.2. The van der Waals surface area contributed by atoms with Gasteiger partial charge >= 0.3 is 0 Å². The second-order valence-corrected chi connectivity index (χ2v) is 5.39. The van der Waals surface area contributed by atoms with Crippen molar-refractivity contribution in [3.05, 3.63) is 23.5 Å². The minimum Gasteiger partial charge on any atom is -0.397 e. The van der Waals surface area contributed by atoms with Gasteiger partial charge in [-0.25, -0.2) is 8.42 Å². The molecule has 0 unspecified atom stereocenters. The summed E-state index contributed by atoms with van der Waals surface area (Å²) in [6.45, 7) is 0. The Bertz CT molecular complexity index is 439. The van der Waals surface area contributed by atoms with Crippen molar-refractivity contribution in [2.24, 2.45) is 0 Å². The van der Waals surface area contributed by atoms with E-state index in [1.54, 1.807) is 12.4 Å². The molecule has 0 radical (unpaired) electrons. The lowest BCUT2D eigenvalue weighted by Crippen LogP contribution is -2.20. The van der Waals surface area contributed by atoms with Gasteiger partial charge in [-0.2, -0.15) is 0 Å². The van der Waals surface area contributed by atoms with E-state index >= 15 is 0 Å². The Morgan fingerprint density at radius 2 is 2.15 bits per heavy atom. The fourth-order valence-corrected chi connectivity index (χ4v) is 2.93. The highest BCUT2D eigenvalue weighted by molar-refractivity contribution is 7.90. The van der Waals surface area contributed by atoms with Gasteiger partial charge in [0.15, 0.2) is 9.84 Å². The molecule has 0 saturated heterocycles. The molecule has 2 heterocycles. The first-order chi connectivity index (χ1) is 6.08. The smallest absolute Gasteiger partial charge is 0.154 e. The van der Waals surface area contributed by atoms with E-state index in [-0.39, 0.29) is 11.5 Å². The Hall–Kier alpha value is -1.10. The van der Waals surface area contributed by atoms with Crippen LogP contribution in [0.1, 0.15) is 11.1 Å². The third kappa shape index (κ3) is 1.51. The number of anilines is 1. The lowest BCUT2D eigenvalue weighted by atomic mass is 10.1. The van der Waals surface area contributed by atoms with E-state index in [2.05, 4.69) is 4.98 Å². The molecule has 0 aliphatic carbocycles. The van der Waals surface area contributed by atoms with Crippen molar-refractivity contribution < 1.29 is 8.42 Å². The zero-order valence-corrected chi connectivity index (χ0v) is 7.84. The molecule has 0 amide bonds. The van der Waals surface area contributed by atoms with Gasteiger partial charge in [-0.3, -0.25) is 4.98 Å². The summed E-state index contributed by atoms with van der Waals surface area (Å²) in [5, 5.41) is 0. The van der Waals surface area contributed by atoms with Crippen LogP contribution in [0.25, 0.3) is 0 Å². The van der Waals surface area contributed by atoms with Crippen molar-refractivity contribution >= 4 is 15.5 Å². The van der Waals surface area contributed by atoms with Crippen molar-refractivity contribution in [3.8, 4) is 0 Å². The molecule has 0 fully saturated rings. The average Bonchev–Trinajstić information content (AvgIpc) is 2.02. The van der Waals surface area contributed by atoms with Gasteiger partial charge in [-0.05, 0) is 17.5 Å². The summed E-state index contributed by atoms with van der Waals surface area (Å²) < 4.78 is 22.5. The number of hydrogen-bond donors (Lipinski definition) is 1. The van der Waals surface area contributed by atoms with Gasteiger partial charge in [0.25, 0.3) is 0 Å². The summed E-state index contributed by atoms with van der Waals surface area (Å²) in [5.41, 5.74) is 7.98. The molecule has 70 valence electrons. The maximum absolute atomic E-state index is 11.3. The molecule has 1 aromatic rings. The third-order valence-corrected chi connectivity index (χ3v) is 3.80. The zero-order valence-electron chi connectivity index (χ0n) is 7.03. The summed E-state index contributed by atoms with van der Waals surface area (Å²) in [7, 11) is -2.91. The summed E-state index contributed by atoms with van der Waals surface area (Å²) in [4.78, 5) is 3.87. The SMILES string of the molecule is Nc1cncc2c1CCS(=O)(=O)C2. The summed E-state index contributed by atoms with van der Waals surface area (Å²) in [6.07, 6.45) is 3.67. The van der Waals surface area contributed by atoms with E-state index in [0.29, 0.717) is 12.1 Å². The predicted molar refractivity (Wildman–Crippen MR) is 49.8 cm³/mol. The van der Waals surface area contributed by atoms with Gasteiger partial charge in [-0.15, -0.1) is 0 Å². The molecule has 1 aliphatic rings. The van der Waals surface area contributed by atoms with E-state index in [4.69, 9.17) is 5.73 Å². The number of nitrogens with two attached hydrogens (primary N) is 1. The van der Waals surface area contributed by atoms with Crippen LogP contribution in [0.15, 0.2) is 12.4 Å². The van der Waals surface area contributed by atoms with Gasteiger partial charge in [0.05, 0.1) is 23.4 Å². The first kappa shape index (κ1) is 8.50. The van der Waals surface area contributed by atoms with Gasteiger partial charge in [0, 0.05) is 6.20 Å². The number of hydrogen-bond acceptors (Lipinski definition) is 4. The molecule has 0 saturated carbocycles. The van der Waals surface area contributed by atoms with E-state index in [9.17, 15) is 8.42 Å². The number of rotatable bonds is 0. The first-order valence-electron chi connectivity index (χ1n) is 4.00. The topological polar surface area (TPSA) is 73.0 Å². The van der Waals surface area contributed by atoms with Gasteiger partial charge in [0.1, 0.15) is 0 Å². The quantitative estimate of drug-likeness (QED) is 0.643. The van der Waals surface area contributed by atoms with Crippen LogP contribution in [0.2, 0.25) is 0 Å². The van der Waals surface area contributed by atoms with E-state index in [1.165, 1.54) is 0 Å². The van der Waals surface area contributed by atoms with Gasteiger partial charge in [-0.1, -0.05) is 0 Å². The Morgan fingerprint density at radius 1 is 1.38 bits per heavy atom. The van der Waals surface area contributed by atoms with Crippen LogP contribution < -0.4 is 5.73 Å². The summed E-state index contributed by atoms with van der Waals surface area (Å²) in [6, 6.07) is 0.